The molecule has 0 aromatic heterocycles. The van der Waals surface area contributed by atoms with E-state index in [-0.39, 0.29) is 36.1 Å². The summed E-state index contributed by atoms with van der Waals surface area (Å²) in [5.41, 5.74) is 2.44. The molecule has 0 radical (unpaired) electrons. The first-order valence-electron chi connectivity index (χ1n) is 10.8. The molecule has 3 aromatic carbocycles. The van der Waals surface area contributed by atoms with E-state index in [2.05, 4.69) is 17.4 Å². The Labute approximate surface area is 181 Å². The zero-order valence-corrected chi connectivity index (χ0v) is 17.3. The summed E-state index contributed by atoms with van der Waals surface area (Å²) in [6.45, 7) is 0.867. The smallest absolute Gasteiger partial charge is 0.261 e. The third kappa shape index (κ3) is 3.50. The molecule has 5 rings (SSSR count). The summed E-state index contributed by atoms with van der Waals surface area (Å²) in [6.07, 6.45) is 2.89. The minimum atomic E-state index is -0.282. The topological polar surface area (TPSA) is 66.5 Å². The number of amides is 3. The first-order chi connectivity index (χ1) is 15.1. The van der Waals surface area contributed by atoms with Crippen LogP contribution in [-0.4, -0.2) is 35.7 Å². The fourth-order valence-electron chi connectivity index (χ4n) is 4.55. The van der Waals surface area contributed by atoms with Gasteiger partial charge in [-0.05, 0) is 42.3 Å². The first-order valence-corrected chi connectivity index (χ1v) is 10.8. The fraction of sp³-hybridized carbons (Fsp3) is 0.269. The van der Waals surface area contributed by atoms with Crippen molar-refractivity contribution in [1.29, 1.82) is 0 Å². The molecule has 0 spiro atoms. The third-order valence-corrected chi connectivity index (χ3v) is 6.51. The third-order valence-electron chi connectivity index (χ3n) is 6.51. The molecule has 1 heterocycles. The van der Waals surface area contributed by atoms with Crippen LogP contribution in [0.2, 0.25) is 0 Å². The summed E-state index contributed by atoms with van der Waals surface area (Å²) in [5, 5.41) is 4.67. The minimum Gasteiger partial charge on any atom is -0.355 e. The predicted molar refractivity (Wildman–Crippen MR) is 119 cm³/mol. The molecule has 1 aliphatic carbocycles. The van der Waals surface area contributed by atoms with Crippen molar-refractivity contribution in [2.75, 3.05) is 13.1 Å². The molecule has 5 heteroatoms. The molecule has 1 N–H and O–H groups in total. The highest BCUT2D eigenvalue weighted by atomic mass is 16.2. The summed E-state index contributed by atoms with van der Waals surface area (Å²) in [7, 11) is 0. The van der Waals surface area contributed by atoms with Crippen LogP contribution in [0.25, 0.3) is 10.8 Å². The lowest BCUT2D eigenvalue weighted by atomic mass is 9.94. The van der Waals surface area contributed by atoms with Crippen LogP contribution in [0.15, 0.2) is 66.7 Å². The van der Waals surface area contributed by atoms with Gasteiger partial charge in [0.1, 0.15) is 0 Å². The van der Waals surface area contributed by atoms with Crippen molar-refractivity contribution in [3.05, 3.63) is 83.4 Å². The van der Waals surface area contributed by atoms with Crippen molar-refractivity contribution in [1.82, 2.24) is 10.2 Å². The number of carbonyl (C=O) groups excluding carboxylic acids is 3. The Hall–Kier alpha value is -3.47. The van der Waals surface area contributed by atoms with Crippen LogP contribution in [0.4, 0.5) is 0 Å². The fourth-order valence-corrected chi connectivity index (χ4v) is 4.55. The Morgan fingerprint density at radius 2 is 1.52 bits per heavy atom. The Kier molecular flexibility index (Phi) is 4.81. The van der Waals surface area contributed by atoms with E-state index < -0.39 is 0 Å². The van der Waals surface area contributed by atoms with Gasteiger partial charge < -0.3 is 5.32 Å². The van der Waals surface area contributed by atoms with Gasteiger partial charge in [-0.25, -0.2) is 0 Å². The van der Waals surface area contributed by atoms with Crippen molar-refractivity contribution in [2.24, 2.45) is 0 Å². The second-order valence-corrected chi connectivity index (χ2v) is 8.50. The predicted octanol–water partition coefficient (Wildman–Crippen LogP) is 4.06. The Bertz CT molecular complexity index is 1130. The number of imide groups is 1. The Balaban J connectivity index is 1.19. The molecule has 0 atom stereocenters. The first kappa shape index (κ1) is 19.5. The van der Waals surface area contributed by atoms with Crippen molar-refractivity contribution in [3.8, 4) is 0 Å². The number of hydrogen-bond acceptors (Lipinski definition) is 3. The van der Waals surface area contributed by atoms with E-state index in [4.69, 9.17) is 0 Å². The lowest BCUT2D eigenvalue weighted by Gasteiger charge is -2.27. The highest BCUT2D eigenvalue weighted by Crippen LogP contribution is 2.47. The van der Waals surface area contributed by atoms with Crippen LogP contribution >= 0.6 is 0 Å². The molecule has 3 aromatic rings. The van der Waals surface area contributed by atoms with Crippen LogP contribution in [0.5, 0.6) is 0 Å². The maximum atomic E-state index is 12.9. The molecule has 2 aliphatic rings. The summed E-state index contributed by atoms with van der Waals surface area (Å²) in [5.74, 6) is -0.604. The van der Waals surface area contributed by atoms with Gasteiger partial charge in [0.05, 0.1) is 0 Å². The number of rotatable bonds is 7. The van der Waals surface area contributed by atoms with Crippen molar-refractivity contribution in [3.63, 3.8) is 0 Å². The van der Waals surface area contributed by atoms with Gasteiger partial charge in [0.2, 0.25) is 5.91 Å². The lowest BCUT2D eigenvalue weighted by Crippen LogP contribution is -2.41. The van der Waals surface area contributed by atoms with Crippen molar-refractivity contribution < 1.29 is 14.4 Å². The molecule has 1 aliphatic heterocycles. The highest BCUT2D eigenvalue weighted by molar-refractivity contribution is 6.25. The molecular weight excluding hydrogens is 388 g/mol. The monoisotopic (exact) mass is 412 g/mol. The van der Waals surface area contributed by atoms with Gasteiger partial charge in [-0.15, -0.1) is 0 Å². The summed E-state index contributed by atoms with van der Waals surface area (Å²) >= 11 is 0. The van der Waals surface area contributed by atoms with Gasteiger partial charge in [0.15, 0.2) is 0 Å². The summed E-state index contributed by atoms with van der Waals surface area (Å²) in [6, 6.07) is 21.3. The van der Waals surface area contributed by atoms with Gasteiger partial charge in [0.25, 0.3) is 11.8 Å². The molecular formula is C26H24N2O3. The zero-order chi connectivity index (χ0) is 21.4. The van der Waals surface area contributed by atoms with Crippen LogP contribution in [0, 0.1) is 0 Å². The minimum absolute atomic E-state index is 0.0402. The maximum absolute atomic E-state index is 12.9. The second kappa shape index (κ2) is 7.65. The second-order valence-electron chi connectivity index (χ2n) is 8.50. The Morgan fingerprint density at radius 1 is 0.871 bits per heavy atom. The quantitative estimate of drug-likeness (QED) is 0.595. The Morgan fingerprint density at radius 3 is 2.13 bits per heavy atom. The molecule has 31 heavy (non-hydrogen) atoms. The number of carbonyl (C=O) groups is 3. The van der Waals surface area contributed by atoms with E-state index in [0.29, 0.717) is 24.1 Å². The molecule has 1 fully saturated rings. The van der Waals surface area contributed by atoms with Crippen LogP contribution in [-0.2, 0) is 10.2 Å². The highest BCUT2D eigenvalue weighted by Gasteiger charge is 2.44. The van der Waals surface area contributed by atoms with E-state index in [9.17, 15) is 14.4 Å². The SMILES string of the molecule is O=C(CCCN1C(=O)c2cccc3cccc(c23)C1=O)NCC1(c2ccccc2)CC1. The molecule has 3 amide bonds. The van der Waals surface area contributed by atoms with E-state index in [1.54, 1.807) is 12.1 Å². The molecule has 0 bridgehead atoms. The average molecular weight is 412 g/mol. The molecule has 5 nitrogen and oxygen atoms in total. The molecule has 156 valence electrons. The molecule has 1 saturated carbocycles. The number of hydrogen-bond donors (Lipinski definition) is 1. The van der Waals surface area contributed by atoms with Gasteiger partial charge in [-0.3, -0.25) is 19.3 Å². The summed E-state index contributed by atoms with van der Waals surface area (Å²) in [4.78, 5) is 39.5. The summed E-state index contributed by atoms with van der Waals surface area (Å²) < 4.78 is 0. The van der Waals surface area contributed by atoms with Crippen LogP contribution in [0.3, 0.4) is 0 Å². The van der Waals surface area contributed by atoms with E-state index in [1.807, 2.05) is 42.5 Å². The number of nitrogens with one attached hydrogen (secondary N) is 1. The number of benzene rings is 3. The van der Waals surface area contributed by atoms with Gasteiger partial charge in [-0.1, -0.05) is 54.6 Å². The van der Waals surface area contributed by atoms with Gasteiger partial charge in [-0.2, -0.15) is 0 Å². The van der Waals surface area contributed by atoms with E-state index >= 15 is 0 Å². The van der Waals surface area contributed by atoms with E-state index in [1.165, 1.54) is 10.5 Å². The van der Waals surface area contributed by atoms with Gasteiger partial charge >= 0.3 is 0 Å². The number of nitrogens with zero attached hydrogens (tertiary/aromatic N) is 1. The molecule has 0 saturated heterocycles. The van der Waals surface area contributed by atoms with E-state index in [0.717, 1.165) is 23.6 Å². The van der Waals surface area contributed by atoms with Crippen LogP contribution in [0.1, 0.15) is 52.0 Å². The standard InChI is InChI=1S/C26H24N2O3/c29-22(27-17-26(14-15-26)19-9-2-1-3-10-19)13-6-16-28-24(30)20-11-4-7-18-8-5-12-21(23(18)20)25(28)31/h1-5,7-12H,6,13-17H2,(H,27,29). The normalized spacial score (nSPS) is 16.5. The maximum Gasteiger partial charge on any atom is 0.261 e. The largest absolute Gasteiger partial charge is 0.355 e. The molecule has 0 unspecified atom stereocenters. The van der Waals surface area contributed by atoms with Crippen LogP contribution < -0.4 is 5.32 Å². The van der Waals surface area contributed by atoms with Crippen molar-refractivity contribution >= 4 is 28.5 Å². The zero-order valence-electron chi connectivity index (χ0n) is 17.3. The van der Waals surface area contributed by atoms with Crippen molar-refractivity contribution in [2.45, 2.75) is 31.1 Å². The van der Waals surface area contributed by atoms with Gasteiger partial charge in [0, 0.05) is 41.4 Å². The lowest BCUT2D eigenvalue weighted by molar-refractivity contribution is -0.121. The average Bonchev–Trinajstić information content (AvgIpc) is 3.60.